The third-order valence-corrected chi connectivity index (χ3v) is 5.83. The van der Waals surface area contributed by atoms with Crippen LogP contribution < -0.4 is 20.1 Å². The molecule has 2 N–H and O–H groups in total. The molecule has 1 fully saturated rings. The van der Waals surface area contributed by atoms with Crippen molar-refractivity contribution in [3.63, 3.8) is 0 Å². The summed E-state index contributed by atoms with van der Waals surface area (Å²) in [4.78, 5) is 13.1. The van der Waals surface area contributed by atoms with Crippen LogP contribution in [0.4, 0.5) is 5.69 Å². The lowest BCUT2D eigenvalue weighted by Gasteiger charge is -2.16. The number of ether oxygens (including phenoxy) is 2. The Balaban J connectivity index is 1.39. The maximum absolute atomic E-state index is 12.4. The van der Waals surface area contributed by atoms with Crippen LogP contribution in [0.5, 0.6) is 11.5 Å². The molecule has 0 radical (unpaired) electrons. The SMILES string of the molecule is COc1ccc(C)cc1NC1NC(=O)/C(=C/c2ccc(OCc3ccccc3)cc2)S1. The molecule has 1 saturated heterocycles. The van der Waals surface area contributed by atoms with Crippen LogP contribution in [0.2, 0.25) is 0 Å². The zero-order chi connectivity index (χ0) is 21.6. The average Bonchev–Trinajstić information content (AvgIpc) is 3.12. The molecule has 31 heavy (non-hydrogen) atoms. The van der Waals surface area contributed by atoms with E-state index in [0.29, 0.717) is 11.5 Å². The van der Waals surface area contributed by atoms with Gasteiger partial charge in [-0.25, -0.2) is 0 Å². The summed E-state index contributed by atoms with van der Waals surface area (Å²) in [6.07, 6.45) is 1.89. The monoisotopic (exact) mass is 432 g/mol. The van der Waals surface area contributed by atoms with Crippen LogP contribution in [0, 0.1) is 6.92 Å². The van der Waals surface area contributed by atoms with Crippen LogP contribution in [0.25, 0.3) is 6.08 Å². The van der Waals surface area contributed by atoms with E-state index >= 15 is 0 Å². The van der Waals surface area contributed by atoms with E-state index in [-0.39, 0.29) is 11.4 Å². The highest BCUT2D eigenvalue weighted by molar-refractivity contribution is 8.05. The number of methoxy groups -OCH3 is 1. The van der Waals surface area contributed by atoms with Crippen molar-refractivity contribution in [2.45, 2.75) is 19.0 Å². The predicted molar refractivity (Wildman–Crippen MR) is 126 cm³/mol. The van der Waals surface area contributed by atoms with Gasteiger partial charge in [0.25, 0.3) is 5.91 Å². The van der Waals surface area contributed by atoms with E-state index in [9.17, 15) is 4.79 Å². The van der Waals surface area contributed by atoms with Crippen molar-refractivity contribution in [1.82, 2.24) is 5.32 Å². The summed E-state index contributed by atoms with van der Waals surface area (Å²) in [6.45, 7) is 2.54. The largest absolute Gasteiger partial charge is 0.495 e. The highest BCUT2D eigenvalue weighted by atomic mass is 32.2. The molecule has 0 aliphatic carbocycles. The number of carbonyl (C=O) groups excluding carboxylic acids is 1. The first kappa shape index (κ1) is 20.9. The van der Waals surface area contributed by atoms with Crippen LogP contribution in [-0.2, 0) is 11.4 Å². The molecule has 1 aliphatic heterocycles. The van der Waals surface area contributed by atoms with E-state index in [4.69, 9.17) is 9.47 Å². The molecule has 1 aliphatic rings. The van der Waals surface area contributed by atoms with Gasteiger partial charge in [0.2, 0.25) is 0 Å². The third-order valence-electron chi connectivity index (χ3n) is 4.80. The number of aryl methyl sites for hydroxylation is 1. The predicted octanol–water partition coefficient (Wildman–Crippen LogP) is 5.18. The van der Waals surface area contributed by atoms with Crippen molar-refractivity contribution in [2.75, 3.05) is 12.4 Å². The first-order valence-electron chi connectivity index (χ1n) is 9.98. The van der Waals surface area contributed by atoms with Crippen LogP contribution in [-0.4, -0.2) is 18.5 Å². The van der Waals surface area contributed by atoms with Crippen molar-refractivity contribution in [3.05, 3.63) is 94.4 Å². The summed E-state index contributed by atoms with van der Waals surface area (Å²) in [6, 6.07) is 23.7. The molecule has 0 bridgehead atoms. The summed E-state index contributed by atoms with van der Waals surface area (Å²) in [7, 11) is 1.63. The lowest BCUT2D eigenvalue weighted by Crippen LogP contribution is -2.31. The Kier molecular flexibility index (Phi) is 6.48. The van der Waals surface area contributed by atoms with Crippen LogP contribution in [0.15, 0.2) is 77.7 Å². The number of rotatable bonds is 7. The van der Waals surface area contributed by atoms with Crippen LogP contribution in [0.3, 0.4) is 0 Å². The fourth-order valence-electron chi connectivity index (χ4n) is 3.19. The Morgan fingerprint density at radius 1 is 1.06 bits per heavy atom. The van der Waals surface area contributed by atoms with Gasteiger partial charge >= 0.3 is 0 Å². The minimum atomic E-state index is -0.261. The molecule has 1 atom stereocenters. The molecule has 0 saturated carbocycles. The Bertz CT molecular complexity index is 1080. The minimum Gasteiger partial charge on any atom is -0.495 e. The molecule has 3 aromatic carbocycles. The zero-order valence-corrected chi connectivity index (χ0v) is 18.2. The van der Waals surface area contributed by atoms with Gasteiger partial charge in [0.05, 0.1) is 17.7 Å². The molecule has 3 aromatic rings. The second-order valence-corrected chi connectivity index (χ2v) is 8.32. The molecule has 0 spiro atoms. The highest BCUT2D eigenvalue weighted by Crippen LogP contribution is 2.33. The lowest BCUT2D eigenvalue weighted by atomic mass is 10.2. The summed E-state index contributed by atoms with van der Waals surface area (Å²) < 4.78 is 11.2. The van der Waals surface area contributed by atoms with Crippen molar-refractivity contribution < 1.29 is 14.3 Å². The second-order valence-electron chi connectivity index (χ2n) is 7.17. The second kappa shape index (κ2) is 9.62. The van der Waals surface area contributed by atoms with Gasteiger partial charge in [0, 0.05) is 0 Å². The van der Waals surface area contributed by atoms with Crippen LogP contribution >= 0.6 is 11.8 Å². The Labute approximate surface area is 186 Å². The molecule has 5 nitrogen and oxygen atoms in total. The summed E-state index contributed by atoms with van der Waals surface area (Å²) in [5, 5.41) is 6.29. The Hall–Kier alpha value is -3.38. The quantitative estimate of drug-likeness (QED) is 0.504. The number of hydrogen-bond donors (Lipinski definition) is 2. The van der Waals surface area contributed by atoms with Gasteiger partial charge < -0.3 is 20.1 Å². The highest BCUT2D eigenvalue weighted by Gasteiger charge is 2.27. The topological polar surface area (TPSA) is 59.6 Å². The van der Waals surface area contributed by atoms with E-state index in [1.54, 1.807) is 7.11 Å². The van der Waals surface area contributed by atoms with Crippen molar-refractivity contribution in [2.24, 2.45) is 0 Å². The normalized spacial score (nSPS) is 16.8. The Morgan fingerprint density at radius 3 is 2.58 bits per heavy atom. The van der Waals surface area contributed by atoms with E-state index < -0.39 is 0 Å². The number of anilines is 1. The Morgan fingerprint density at radius 2 is 1.84 bits per heavy atom. The molecule has 1 unspecified atom stereocenters. The molecule has 4 rings (SSSR count). The smallest absolute Gasteiger partial charge is 0.260 e. The van der Waals surface area contributed by atoms with Gasteiger partial charge in [-0.15, -0.1) is 0 Å². The summed E-state index contributed by atoms with van der Waals surface area (Å²) in [5.74, 6) is 1.43. The zero-order valence-electron chi connectivity index (χ0n) is 17.4. The van der Waals surface area contributed by atoms with E-state index in [1.165, 1.54) is 11.8 Å². The first-order valence-corrected chi connectivity index (χ1v) is 10.9. The van der Waals surface area contributed by atoms with Crippen molar-refractivity contribution in [1.29, 1.82) is 0 Å². The van der Waals surface area contributed by atoms with Crippen molar-refractivity contribution in [3.8, 4) is 11.5 Å². The van der Waals surface area contributed by atoms with Gasteiger partial charge in [-0.2, -0.15) is 0 Å². The number of benzene rings is 3. The number of nitrogens with one attached hydrogen (secondary N) is 2. The molecular formula is C25H24N2O3S. The third kappa shape index (κ3) is 5.41. The number of thioether (sulfide) groups is 1. The van der Waals surface area contributed by atoms with Gasteiger partial charge in [-0.3, -0.25) is 4.79 Å². The molecule has 158 valence electrons. The molecular weight excluding hydrogens is 408 g/mol. The van der Waals surface area contributed by atoms with Gasteiger partial charge in [-0.05, 0) is 54.0 Å². The number of hydrogen-bond acceptors (Lipinski definition) is 5. The first-order chi connectivity index (χ1) is 15.1. The molecule has 1 amide bonds. The van der Waals surface area contributed by atoms with E-state index in [1.807, 2.05) is 85.8 Å². The maximum Gasteiger partial charge on any atom is 0.260 e. The summed E-state index contributed by atoms with van der Waals surface area (Å²) in [5.41, 5.74) is 3.77. The van der Waals surface area contributed by atoms with E-state index in [2.05, 4.69) is 10.6 Å². The number of carbonyl (C=O) groups is 1. The molecule has 0 aromatic heterocycles. The van der Waals surface area contributed by atoms with Gasteiger partial charge in [0.1, 0.15) is 18.1 Å². The molecule has 1 heterocycles. The minimum absolute atomic E-state index is 0.0986. The van der Waals surface area contributed by atoms with Crippen molar-refractivity contribution >= 4 is 29.4 Å². The average molecular weight is 433 g/mol. The van der Waals surface area contributed by atoms with E-state index in [0.717, 1.165) is 33.9 Å². The van der Waals surface area contributed by atoms with Crippen LogP contribution in [0.1, 0.15) is 16.7 Å². The summed E-state index contributed by atoms with van der Waals surface area (Å²) >= 11 is 1.45. The maximum atomic E-state index is 12.4. The number of amides is 1. The molecule has 6 heteroatoms. The van der Waals surface area contributed by atoms with Gasteiger partial charge in [0.15, 0.2) is 5.50 Å². The lowest BCUT2D eigenvalue weighted by molar-refractivity contribution is -0.116. The fraction of sp³-hybridized carbons (Fsp3) is 0.160. The van der Waals surface area contributed by atoms with Gasteiger partial charge in [-0.1, -0.05) is 60.3 Å². The standard InChI is InChI=1S/C25H24N2O3S/c1-17-8-13-22(29-2)21(14-17)26-25-27-24(28)23(31-25)15-18-9-11-20(12-10-18)30-16-19-6-4-3-5-7-19/h3-15,25-26H,16H2,1-2H3,(H,27,28)/b23-15-. The fourth-order valence-corrected chi connectivity index (χ4v) is 4.17.